The average molecular weight is 200 g/mol. The van der Waals surface area contributed by atoms with Crippen LogP contribution in [-0.2, 0) is 0 Å². The SMILES string of the molecule is CCC(=O)c1ccc2cc(N)ncc2c1. The molecular weight excluding hydrogens is 188 g/mol. The van der Waals surface area contributed by atoms with E-state index < -0.39 is 0 Å². The molecule has 0 fully saturated rings. The number of hydrogen-bond donors (Lipinski definition) is 1. The van der Waals surface area contributed by atoms with Crippen LogP contribution in [0.4, 0.5) is 5.82 Å². The normalized spacial score (nSPS) is 10.5. The average Bonchev–Trinajstić information content (AvgIpc) is 2.27. The fourth-order valence-electron chi connectivity index (χ4n) is 1.54. The van der Waals surface area contributed by atoms with Gasteiger partial charge in [0, 0.05) is 23.6 Å². The van der Waals surface area contributed by atoms with Crippen molar-refractivity contribution in [3.8, 4) is 0 Å². The van der Waals surface area contributed by atoms with Gasteiger partial charge in [0.25, 0.3) is 0 Å². The van der Waals surface area contributed by atoms with E-state index in [0.29, 0.717) is 12.2 Å². The quantitative estimate of drug-likeness (QED) is 0.757. The molecule has 15 heavy (non-hydrogen) atoms. The standard InChI is InChI=1S/C12H12N2O/c1-2-11(15)9-4-3-8-6-12(13)14-7-10(8)5-9/h3-7H,2H2,1H3,(H2,13,14). The van der Waals surface area contributed by atoms with E-state index in [0.717, 1.165) is 16.3 Å². The molecule has 0 amide bonds. The number of benzene rings is 1. The maximum Gasteiger partial charge on any atom is 0.162 e. The minimum Gasteiger partial charge on any atom is -0.384 e. The van der Waals surface area contributed by atoms with Crippen LogP contribution in [0.5, 0.6) is 0 Å². The Labute approximate surface area is 87.9 Å². The first-order valence-electron chi connectivity index (χ1n) is 4.89. The molecule has 76 valence electrons. The Bertz CT molecular complexity index is 520. The number of nitrogens with zero attached hydrogens (tertiary/aromatic N) is 1. The number of Topliss-reactive ketones (excluding diaryl/α,β-unsaturated/α-hetero) is 1. The van der Waals surface area contributed by atoms with Crippen LogP contribution < -0.4 is 5.73 Å². The van der Waals surface area contributed by atoms with Crippen molar-refractivity contribution in [1.82, 2.24) is 4.98 Å². The fourth-order valence-corrected chi connectivity index (χ4v) is 1.54. The van der Waals surface area contributed by atoms with Crippen LogP contribution >= 0.6 is 0 Å². The molecule has 2 aromatic rings. The molecule has 0 saturated carbocycles. The highest BCUT2D eigenvalue weighted by atomic mass is 16.1. The number of ketones is 1. The molecule has 0 spiro atoms. The number of hydrogen-bond acceptors (Lipinski definition) is 3. The van der Waals surface area contributed by atoms with E-state index in [9.17, 15) is 4.79 Å². The van der Waals surface area contributed by atoms with Crippen molar-refractivity contribution in [3.63, 3.8) is 0 Å². The number of fused-ring (bicyclic) bond motifs is 1. The Balaban J connectivity index is 2.57. The summed E-state index contributed by atoms with van der Waals surface area (Å²) in [7, 11) is 0. The predicted octanol–water partition coefficient (Wildman–Crippen LogP) is 2.41. The first-order valence-corrected chi connectivity index (χ1v) is 4.89. The lowest BCUT2D eigenvalue weighted by Crippen LogP contribution is -1.96. The lowest BCUT2D eigenvalue weighted by molar-refractivity contribution is 0.0988. The second-order valence-corrected chi connectivity index (χ2v) is 3.45. The fraction of sp³-hybridized carbons (Fsp3) is 0.167. The van der Waals surface area contributed by atoms with E-state index in [1.165, 1.54) is 0 Å². The number of nitrogens with two attached hydrogens (primary N) is 1. The highest BCUT2D eigenvalue weighted by molar-refractivity contribution is 5.99. The van der Waals surface area contributed by atoms with Crippen molar-refractivity contribution in [2.75, 3.05) is 5.73 Å². The summed E-state index contributed by atoms with van der Waals surface area (Å²) in [6, 6.07) is 7.38. The van der Waals surface area contributed by atoms with Gasteiger partial charge in [0.2, 0.25) is 0 Å². The molecule has 0 atom stereocenters. The number of carbonyl (C=O) groups is 1. The molecular formula is C12H12N2O. The summed E-state index contributed by atoms with van der Waals surface area (Å²) in [4.78, 5) is 15.5. The van der Waals surface area contributed by atoms with Crippen LogP contribution in [0.25, 0.3) is 10.8 Å². The van der Waals surface area contributed by atoms with Crippen LogP contribution in [0.1, 0.15) is 23.7 Å². The maximum atomic E-state index is 11.5. The van der Waals surface area contributed by atoms with Gasteiger partial charge in [0.05, 0.1) is 0 Å². The molecule has 0 aliphatic heterocycles. The third kappa shape index (κ3) is 1.81. The van der Waals surface area contributed by atoms with Gasteiger partial charge >= 0.3 is 0 Å². The molecule has 0 aliphatic carbocycles. The molecule has 2 rings (SSSR count). The highest BCUT2D eigenvalue weighted by Gasteiger charge is 2.04. The van der Waals surface area contributed by atoms with Crippen molar-refractivity contribution in [2.45, 2.75) is 13.3 Å². The molecule has 0 unspecified atom stereocenters. The first kappa shape index (κ1) is 9.65. The topological polar surface area (TPSA) is 56.0 Å². The Morgan fingerprint density at radius 3 is 2.87 bits per heavy atom. The summed E-state index contributed by atoms with van der Waals surface area (Å²) in [5.74, 6) is 0.644. The monoisotopic (exact) mass is 200 g/mol. The zero-order chi connectivity index (χ0) is 10.8. The van der Waals surface area contributed by atoms with Gasteiger partial charge < -0.3 is 5.73 Å². The number of nitrogen functional groups attached to an aromatic ring is 1. The van der Waals surface area contributed by atoms with Gasteiger partial charge in [0.15, 0.2) is 5.78 Å². The molecule has 0 radical (unpaired) electrons. The third-order valence-electron chi connectivity index (χ3n) is 2.39. The Morgan fingerprint density at radius 2 is 2.13 bits per heavy atom. The summed E-state index contributed by atoms with van der Waals surface area (Å²) in [5, 5.41) is 1.96. The molecule has 1 aromatic carbocycles. The summed E-state index contributed by atoms with van der Waals surface area (Å²) in [6.45, 7) is 1.85. The van der Waals surface area contributed by atoms with Gasteiger partial charge in [0.1, 0.15) is 5.82 Å². The third-order valence-corrected chi connectivity index (χ3v) is 2.39. The lowest BCUT2D eigenvalue weighted by Gasteiger charge is -2.01. The predicted molar refractivity (Wildman–Crippen MR) is 60.8 cm³/mol. The number of rotatable bonds is 2. The summed E-state index contributed by atoms with van der Waals surface area (Å²) in [6.07, 6.45) is 2.21. The van der Waals surface area contributed by atoms with E-state index in [4.69, 9.17) is 5.73 Å². The second kappa shape index (κ2) is 3.69. The molecule has 3 nitrogen and oxygen atoms in total. The van der Waals surface area contributed by atoms with Gasteiger partial charge in [-0.05, 0) is 17.5 Å². The smallest absolute Gasteiger partial charge is 0.162 e. The summed E-state index contributed by atoms with van der Waals surface area (Å²) >= 11 is 0. The van der Waals surface area contributed by atoms with Crippen LogP contribution in [0, 0.1) is 0 Å². The van der Waals surface area contributed by atoms with E-state index in [1.54, 1.807) is 12.3 Å². The van der Waals surface area contributed by atoms with Gasteiger partial charge in [-0.1, -0.05) is 19.1 Å². The van der Waals surface area contributed by atoms with Crippen LogP contribution in [0.2, 0.25) is 0 Å². The van der Waals surface area contributed by atoms with Crippen molar-refractivity contribution in [1.29, 1.82) is 0 Å². The van der Waals surface area contributed by atoms with Crippen LogP contribution in [0.15, 0.2) is 30.5 Å². The van der Waals surface area contributed by atoms with E-state index in [-0.39, 0.29) is 5.78 Å². The van der Waals surface area contributed by atoms with Gasteiger partial charge in [-0.2, -0.15) is 0 Å². The Kier molecular flexibility index (Phi) is 2.37. The van der Waals surface area contributed by atoms with Gasteiger partial charge in [-0.3, -0.25) is 4.79 Å². The second-order valence-electron chi connectivity index (χ2n) is 3.45. The Hall–Kier alpha value is -1.90. The van der Waals surface area contributed by atoms with Crippen molar-refractivity contribution in [3.05, 3.63) is 36.0 Å². The van der Waals surface area contributed by atoms with Gasteiger partial charge in [-0.15, -0.1) is 0 Å². The molecule has 1 aromatic heterocycles. The largest absolute Gasteiger partial charge is 0.384 e. The van der Waals surface area contributed by atoms with Crippen LogP contribution in [0.3, 0.4) is 0 Å². The minimum absolute atomic E-state index is 0.147. The maximum absolute atomic E-state index is 11.5. The molecule has 0 bridgehead atoms. The number of anilines is 1. The van der Waals surface area contributed by atoms with Crippen molar-refractivity contribution < 1.29 is 4.79 Å². The zero-order valence-electron chi connectivity index (χ0n) is 8.53. The molecule has 0 saturated heterocycles. The highest BCUT2D eigenvalue weighted by Crippen LogP contribution is 2.17. The summed E-state index contributed by atoms with van der Waals surface area (Å²) in [5.41, 5.74) is 6.30. The van der Waals surface area contributed by atoms with Crippen molar-refractivity contribution in [2.24, 2.45) is 0 Å². The molecule has 3 heteroatoms. The minimum atomic E-state index is 0.147. The number of carbonyl (C=O) groups excluding carboxylic acids is 1. The van der Waals surface area contributed by atoms with E-state index in [2.05, 4.69) is 4.98 Å². The number of aromatic nitrogens is 1. The van der Waals surface area contributed by atoms with Gasteiger partial charge in [-0.25, -0.2) is 4.98 Å². The zero-order valence-corrected chi connectivity index (χ0v) is 8.53. The lowest BCUT2D eigenvalue weighted by atomic mass is 10.0. The van der Waals surface area contributed by atoms with E-state index >= 15 is 0 Å². The molecule has 0 aliphatic rings. The molecule has 1 heterocycles. The number of pyridine rings is 1. The van der Waals surface area contributed by atoms with Crippen LogP contribution in [-0.4, -0.2) is 10.8 Å². The molecule has 2 N–H and O–H groups in total. The van der Waals surface area contributed by atoms with E-state index in [1.807, 2.05) is 25.1 Å². The first-order chi connectivity index (χ1) is 7.20. The van der Waals surface area contributed by atoms with Crippen molar-refractivity contribution >= 4 is 22.4 Å². The summed E-state index contributed by atoms with van der Waals surface area (Å²) < 4.78 is 0. The Morgan fingerprint density at radius 1 is 1.33 bits per heavy atom.